The van der Waals surface area contributed by atoms with Crippen LogP contribution in [0.3, 0.4) is 0 Å². The van der Waals surface area contributed by atoms with Crippen LogP contribution in [0.4, 0.5) is 17.2 Å². The maximum absolute atomic E-state index is 6.14. The second kappa shape index (κ2) is 7.25. The van der Waals surface area contributed by atoms with Crippen molar-refractivity contribution in [2.45, 2.75) is 4.90 Å². The fourth-order valence-corrected chi connectivity index (χ4v) is 3.16. The highest BCUT2D eigenvalue weighted by Gasteiger charge is 2.10. The van der Waals surface area contributed by atoms with E-state index in [-0.39, 0.29) is 0 Å². The molecule has 7 heteroatoms. The number of nitrogens with one attached hydrogen (secondary N) is 2. The molecular formula is C17H18ClN5S. The lowest BCUT2D eigenvalue weighted by Gasteiger charge is -2.19. The molecule has 3 rings (SSSR count). The van der Waals surface area contributed by atoms with Crippen molar-refractivity contribution in [3.63, 3.8) is 0 Å². The van der Waals surface area contributed by atoms with Gasteiger partial charge in [-0.15, -0.1) is 0 Å². The molecule has 0 aliphatic heterocycles. The highest BCUT2D eigenvalue weighted by molar-refractivity contribution is 7.97. The number of aromatic nitrogens is 2. The average molecular weight is 360 g/mol. The average Bonchev–Trinajstić information content (AvgIpc) is 2.56. The van der Waals surface area contributed by atoms with Crippen LogP contribution in [0.15, 0.2) is 47.6 Å². The highest BCUT2D eigenvalue weighted by atomic mass is 35.5. The summed E-state index contributed by atoms with van der Waals surface area (Å²) < 4.78 is 3.09. The zero-order chi connectivity index (χ0) is 17.1. The standard InChI is InChI=1S/C17H18ClN5S/c1-19-24-12-5-7-16(23(2)3)15(9-12)22-17-13-8-11(18)4-6-14(13)20-10-21-17/h4-10,19H,1-3H3,(H,20,21,22). The van der Waals surface area contributed by atoms with Gasteiger partial charge in [0.25, 0.3) is 0 Å². The van der Waals surface area contributed by atoms with Crippen molar-refractivity contribution < 1.29 is 0 Å². The molecule has 5 nitrogen and oxygen atoms in total. The van der Waals surface area contributed by atoms with Gasteiger partial charge >= 0.3 is 0 Å². The van der Waals surface area contributed by atoms with Gasteiger partial charge in [0.2, 0.25) is 0 Å². The number of benzene rings is 2. The highest BCUT2D eigenvalue weighted by Crippen LogP contribution is 2.33. The summed E-state index contributed by atoms with van der Waals surface area (Å²) in [7, 11) is 5.93. The van der Waals surface area contributed by atoms with E-state index in [0.29, 0.717) is 5.02 Å². The molecule has 0 atom stereocenters. The molecule has 0 fully saturated rings. The van der Waals surface area contributed by atoms with Crippen LogP contribution >= 0.6 is 23.5 Å². The Morgan fingerprint density at radius 2 is 1.92 bits per heavy atom. The predicted octanol–water partition coefficient (Wildman–Crippen LogP) is 4.32. The zero-order valence-corrected chi connectivity index (χ0v) is 15.2. The van der Waals surface area contributed by atoms with E-state index in [2.05, 4.69) is 43.1 Å². The fraction of sp³-hybridized carbons (Fsp3) is 0.176. The van der Waals surface area contributed by atoms with Gasteiger partial charge in [0, 0.05) is 29.4 Å². The zero-order valence-electron chi connectivity index (χ0n) is 13.7. The number of fused-ring (bicyclic) bond motifs is 1. The molecule has 2 aromatic carbocycles. The summed E-state index contributed by atoms with van der Waals surface area (Å²) in [5, 5.41) is 4.98. The van der Waals surface area contributed by atoms with Crippen LogP contribution in [-0.2, 0) is 0 Å². The van der Waals surface area contributed by atoms with E-state index in [0.717, 1.165) is 33.0 Å². The van der Waals surface area contributed by atoms with Gasteiger partial charge in [-0.25, -0.2) is 9.97 Å². The summed E-state index contributed by atoms with van der Waals surface area (Å²) in [5.41, 5.74) is 2.90. The normalized spacial score (nSPS) is 10.8. The van der Waals surface area contributed by atoms with Crippen LogP contribution in [-0.4, -0.2) is 31.1 Å². The Kier molecular flexibility index (Phi) is 5.08. The Bertz CT molecular complexity index is 869. The van der Waals surface area contributed by atoms with Crippen LogP contribution in [0.2, 0.25) is 5.02 Å². The quantitative estimate of drug-likeness (QED) is 0.662. The van der Waals surface area contributed by atoms with Gasteiger partial charge in [-0.1, -0.05) is 11.6 Å². The first-order chi connectivity index (χ1) is 11.6. The molecule has 0 aliphatic rings. The number of rotatable bonds is 5. The maximum Gasteiger partial charge on any atom is 0.141 e. The number of hydrogen-bond acceptors (Lipinski definition) is 6. The molecule has 1 heterocycles. The van der Waals surface area contributed by atoms with E-state index in [1.54, 1.807) is 18.3 Å². The number of anilines is 3. The summed E-state index contributed by atoms with van der Waals surface area (Å²) in [6, 6.07) is 11.9. The largest absolute Gasteiger partial charge is 0.376 e. The molecule has 2 N–H and O–H groups in total. The Morgan fingerprint density at radius 3 is 2.67 bits per heavy atom. The molecule has 0 saturated heterocycles. The Morgan fingerprint density at radius 1 is 1.08 bits per heavy atom. The minimum Gasteiger partial charge on any atom is -0.376 e. The van der Waals surface area contributed by atoms with Crippen LogP contribution in [0.1, 0.15) is 0 Å². The van der Waals surface area contributed by atoms with E-state index < -0.39 is 0 Å². The molecule has 124 valence electrons. The van der Waals surface area contributed by atoms with Crippen molar-refractivity contribution in [2.24, 2.45) is 0 Å². The minimum absolute atomic E-state index is 0.660. The number of nitrogens with zero attached hydrogens (tertiary/aromatic N) is 3. The van der Waals surface area contributed by atoms with Crippen molar-refractivity contribution in [2.75, 3.05) is 31.4 Å². The second-order valence-electron chi connectivity index (χ2n) is 5.39. The van der Waals surface area contributed by atoms with Gasteiger partial charge in [-0.2, -0.15) is 0 Å². The number of halogens is 1. The third-order valence-electron chi connectivity index (χ3n) is 3.52. The Hall–Kier alpha value is -2.02. The molecule has 3 aromatic rings. The topological polar surface area (TPSA) is 53.1 Å². The summed E-state index contributed by atoms with van der Waals surface area (Å²) >= 11 is 7.70. The van der Waals surface area contributed by atoms with E-state index >= 15 is 0 Å². The monoisotopic (exact) mass is 359 g/mol. The Labute approximate surface area is 150 Å². The maximum atomic E-state index is 6.14. The van der Waals surface area contributed by atoms with E-state index in [1.165, 1.54) is 0 Å². The molecule has 0 saturated carbocycles. The van der Waals surface area contributed by atoms with Gasteiger partial charge in [0.05, 0.1) is 16.9 Å². The van der Waals surface area contributed by atoms with Crippen molar-refractivity contribution in [3.8, 4) is 0 Å². The molecule has 1 aromatic heterocycles. The lowest BCUT2D eigenvalue weighted by atomic mass is 10.2. The Balaban J connectivity index is 2.07. The molecule has 0 radical (unpaired) electrons. The SMILES string of the molecule is CNSc1ccc(N(C)C)c(Nc2ncnc3ccc(Cl)cc23)c1. The van der Waals surface area contributed by atoms with Crippen LogP contribution in [0.25, 0.3) is 10.9 Å². The van der Waals surface area contributed by atoms with Gasteiger partial charge < -0.3 is 10.2 Å². The molecule has 0 spiro atoms. The van der Waals surface area contributed by atoms with Crippen LogP contribution in [0, 0.1) is 0 Å². The fourth-order valence-electron chi connectivity index (χ4n) is 2.44. The smallest absolute Gasteiger partial charge is 0.141 e. The first-order valence-corrected chi connectivity index (χ1v) is 8.60. The van der Waals surface area contributed by atoms with Gasteiger partial charge in [-0.3, -0.25) is 4.72 Å². The molecule has 0 amide bonds. The molecule has 24 heavy (non-hydrogen) atoms. The summed E-state index contributed by atoms with van der Waals surface area (Å²) in [6.45, 7) is 0. The minimum atomic E-state index is 0.660. The van der Waals surface area contributed by atoms with Gasteiger partial charge in [0.15, 0.2) is 0 Å². The summed E-state index contributed by atoms with van der Waals surface area (Å²) in [5.74, 6) is 0.734. The van der Waals surface area contributed by atoms with Crippen molar-refractivity contribution in [3.05, 3.63) is 47.7 Å². The first-order valence-electron chi connectivity index (χ1n) is 7.40. The van der Waals surface area contributed by atoms with Crippen LogP contribution < -0.4 is 14.9 Å². The summed E-state index contributed by atoms with van der Waals surface area (Å²) in [6.07, 6.45) is 1.56. The molecule has 0 aliphatic carbocycles. The summed E-state index contributed by atoms with van der Waals surface area (Å²) in [4.78, 5) is 11.9. The van der Waals surface area contributed by atoms with E-state index in [4.69, 9.17) is 11.6 Å². The number of hydrogen-bond donors (Lipinski definition) is 2. The van der Waals surface area contributed by atoms with E-state index in [1.807, 2.05) is 39.3 Å². The third-order valence-corrected chi connectivity index (χ3v) is 4.45. The van der Waals surface area contributed by atoms with E-state index in [9.17, 15) is 0 Å². The van der Waals surface area contributed by atoms with Crippen molar-refractivity contribution >= 4 is 51.6 Å². The van der Waals surface area contributed by atoms with Crippen molar-refractivity contribution in [1.82, 2.24) is 14.7 Å². The van der Waals surface area contributed by atoms with Gasteiger partial charge in [-0.05, 0) is 55.4 Å². The third kappa shape index (κ3) is 3.56. The molecular weight excluding hydrogens is 342 g/mol. The molecule has 0 bridgehead atoms. The lowest BCUT2D eigenvalue weighted by molar-refractivity contribution is 1.12. The van der Waals surface area contributed by atoms with Crippen molar-refractivity contribution in [1.29, 1.82) is 0 Å². The van der Waals surface area contributed by atoms with Crippen LogP contribution in [0.5, 0.6) is 0 Å². The lowest BCUT2D eigenvalue weighted by Crippen LogP contribution is -2.11. The predicted molar refractivity (Wildman–Crippen MR) is 104 cm³/mol. The molecule has 0 unspecified atom stereocenters. The first kappa shape index (κ1) is 16.8. The second-order valence-corrected chi connectivity index (χ2v) is 6.91. The van der Waals surface area contributed by atoms with Gasteiger partial charge in [0.1, 0.15) is 12.1 Å².